The molecule has 148 valence electrons. The summed E-state index contributed by atoms with van der Waals surface area (Å²) in [5.41, 5.74) is -0.910. The highest BCUT2D eigenvalue weighted by Gasteiger charge is 2.60. The van der Waals surface area contributed by atoms with E-state index in [1.165, 1.54) is 18.2 Å². The van der Waals surface area contributed by atoms with Crippen LogP contribution < -0.4 is 5.32 Å². The lowest BCUT2D eigenvalue weighted by molar-refractivity contribution is -0.170. The van der Waals surface area contributed by atoms with Crippen LogP contribution in [0.1, 0.15) is 39.5 Å². The van der Waals surface area contributed by atoms with E-state index in [0.29, 0.717) is 31.8 Å². The van der Waals surface area contributed by atoms with Gasteiger partial charge in [-0.2, -0.15) is 0 Å². The Balaban J connectivity index is 1.72. The topological polar surface area (TPSA) is 129 Å². The first kappa shape index (κ1) is 19.3. The average Bonchev–Trinajstić information content (AvgIpc) is 3.28. The standard InChI is InChI=1S/C17H25N5O5/c1-10(2)14(24)19-13(11(3)23)15(25)22-6-4-5-17(22)8-21(16(17)26)7-12-20-18-9-27-12/h9-11,13,23H,4-8H2,1-3H3,(H,19,24). The molecule has 2 aliphatic rings. The summed E-state index contributed by atoms with van der Waals surface area (Å²) < 4.78 is 5.07. The number of likely N-dealkylation sites (tertiary alicyclic amines) is 2. The minimum absolute atomic E-state index is 0.175. The average molecular weight is 379 g/mol. The summed E-state index contributed by atoms with van der Waals surface area (Å²) in [5, 5.41) is 20.0. The van der Waals surface area contributed by atoms with Gasteiger partial charge in [0.1, 0.15) is 11.6 Å². The number of β-lactam (4-membered cyclic amide) rings is 1. The number of aromatic nitrogens is 2. The van der Waals surface area contributed by atoms with Crippen LogP contribution in [0, 0.1) is 5.92 Å². The van der Waals surface area contributed by atoms with E-state index in [2.05, 4.69) is 15.5 Å². The minimum atomic E-state index is -1.08. The second kappa shape index (κ2) is 7.26. The van der Waals surface area contributed by atoms with Crippen molar-refractivity contribution < 1.29 is 23.9 Å². The van der Waals surface area contributed by atoms with Crippen molar-refractivity contribution in [1.29, 1.82) is 0 Å². The highest BCUT2D eigenvalue weighted by atomic mass is 16.4. The molecule has 3 rings (SSSR count). The van der Waals surface area contributed by atoms with E-state index in [1.54, 1.807) is 18.7 Å². The van der Waals surface area contributed by atoms with E-state index in [1.807, 2.05) is 0 Å². The van der Waals surface area contributed by atoms with Gasteiger partial charge in [0, 0.05) is 12.5 Å². The molecule has 3 amide bonds. The van der Waals surface area contributed by atoms with Gasteiger partial charge in [-0.1, -0.05) is 13.8 Å². The zero-order valence-electron chi connectivity index (χ0n) is 15.7. The van der Waals surface area contributed by atoms with Gasteiger partial charge < -0.3 is 24.6 Å². The van der Waals surface area contributed by atoms with Gasteiger partial charge in [-0.05, 0) is 19.8 Å². The van der Waals surface area contributed by atoms with Crippen molar-refractivity contribution in [3.63, 3.8) is 0 Å². The smallest absolute Gasteiger partial charge is 0.250 e. The van der Waals surface area contributed by atoms with Crippen LogP contribution in [0.25, 0.3) is 0 Å². The predicted molar refractivity (Wildman–Crippen MR) is 91.8 cm³/mol. The van der Waals surface area contributed by atoms with Crippen molar-refractivity contribution in [1.82, 2.24) is 25.3 Å². The molecule has 0 radical (unpaired) electrons. The summed E-state index contributed by atoms with van der Waals surface area (Å²) in [6.07, 6.45) is 1.38. The Morgan fingerprint density at radius 2 is 2.15 bits per heavy atom. The van der Waals surface area contributed by atoms with E-state index in [9.17, 15) is 19.5 Å². The molecule has 2 saturated heterocycles. The Labute approximate surface area is 156 Å². The summed E-state index contributed by atoms with van der Waals surface area (Å²) >= 11 is 0. The monoisotopic (exact) mass is 379 g/mol. The second-order valence-corrected chi connectivity index (χ2v) is 7.50. The first-order valence-corrected chi connectivity index (χ1v) is 9.10. The Morgan fingerprint density at radius 3 is 2.70 bits per heavy atom. The SMILES string of the molecule is CC(C)C(=O)NC(C(=O)N1CCCC12CN(Cc1nnco1)C2=O)C(C)O. The van der Waals surface area contributed by atoms with Gasteiger partial charge in [0.15, 0.2) is 0 Å². The zero-order chi connectivity index (χ0) is 19.8. The van der Waals surface area contributed by atoms with Crippen LogP contribution in [-0.4, -0.2) is 73.6 Å². The van der Waals surface area contributed by atoms with E-state index < -0.39 is 23.6 Å². The lowest BCUT2D eigenvalue weighted by Crippen LogP contribution is -2.74. The fourth-order valence-corrected chi connectivity index (χ4v) is 3.68. The van der Waals surface area contributed by atoms with Gasteiger partial charge >= 0.3 is 0 Å². The van der Waals surface area contributed by atoms with Crippen LogP contribution in [0.5, 0.6) is 0 Å². The maximum absolute atomic E-state index is 13.1. The first-order chi connectivity index (χ1) is 12.8. The van der Waals surface area contributed by atoms with Crippen molar-refractivity contribution in [3.05, 3.63) is 12.3 Å². The molecule has 27 heavy (non-hydrogen) atoms. The zero-order valence-corrected chi connectivity index (χ0v) is 15.7. The number of aliphatic hydroxyl groups is 1. The third kappa shape index (κ3) is 3.41. The lowest BCUT2D eigenvalue weighted by atomic mass is 9.85. The molecular formula is C17H25N5O5. The largest absolute Gasteiger partial charge is 0.426 e. The summed E-state index contributed by atoms with van der Waals surface area (Å²) in [6, 6.07) is -1.08. The van der Waals surface area contributed by atoms with Gasteiger partial charge in [0.05, 0.1) is 19.2 Å². The number of aliphatic hydroxyl groups excluding tert-OH is 1. The van der Waals surface area contributed by atoms with Crippen LogP contribution in [0.15, 0.2) is 10.8 Å². The van der Waals surface area contributed by atoms with Gasteiger partial charge in [-0.3, -0.25) is 14.4 Å². The number of rotatable bonds is 6. The quantitative estimate of drug-likeness (QED) is 0.625. The molecule has 1 aromatic rings. The van der Waals surface area contributed by atoms with Gasteiger partial charge in [0.25, 0.3) is 5.91 Å². The van der Waals surface area contributed by atoms with Gasteiger partial charge in [-0.15, -0.1) is 10.2 Å². The van der Waals surface area contributed by atoms with Gasteiger partial charge in [-0.25, -0.2) is 0 Å². The van der Waals surface area contributed by atoms with Crippen molar-refractivity contribution in [3.8, 4) is 0 Å². The minimum Gasteiger partial charge on any atom is -0.426 e. The number of hydrogen-bond acceptors (Lipinski definition) is 7. The molecule has 10 nitrogen and oxygen atoms in total. The number of nitrogens with zero attached hydrogens (tertiary/aromatic N) is 4. The maximum Gasteiger partial charge on any atom is 0.250 e. The van der Waals surface area contributed by atoms with Crippen molar-refractivity contribution in [2.24, 2.45) is 5.92 Å². The molecule has 0 bridgehead atoms. The summed E-state index contributed by atoms with van der Waals surface area (Å²) in [5.74, 6) is -0.907. The third-order valence-corrected chi connectivity index (χ3v) is 5.19. The molecule has 0 aromatic carbocycles. The fourth-order valence-electron chi connectivity index (χ4n) is 3.68. The molecule has 0 saturated carbocycles. The molecule has 3 atom stereocenters. The molecular weight excluding hydrogens is 354 g/mol. The Bertz CT molecular complexity index is 719. The molecule has 0 aliphatic carbocycles. The molecule has 10 heteroatoms. The maximum atomic E-state index is 13.1. The number of carbonyl (C=O) groups excluding carboxylic acids is 3. The Kier molecular flexibility index (Phi) is 5.18. The number of carbonyl (C=O) groups is 3. The predicted octanol–water partition coefficient (Wildman–Crippen LogP) is -0.705. The van der Waals surface area contributed by atoms with E-state index in [0.717, 1.165) is 0 Å². The van der Waals surface area contributed by atoms with Crippen LogP contribution in [0.4, 0.5) is 0 Å². The molecule has 3 heterocycles. The lowest BCUT2D eigenvalue weighted by Gasteiger charge is -2.51. The van der Waals surface area contributed by atoms with Crippen molar-refractivity contribution in [2.45, 2.75) is 57.8 Å². The number of amides is 3. The molecule has 1 spiro atoms. The van der Waals surface area contributed by atoms with E-state index >= 15 is 0 Å². The third-order valence-electron chi connectivity index (χ3n) is 5.19. The van der Waals surface area contributed by atoms with Crippen LogP contribution >= 0.6 is 0 Å². The second-order valence-electron chi connectivity index (χ2n) is 7.50. The summed E-state index contributed by atoms with van der Waals surface area (Å²) in [6.45, 7) is 5.86. The molecule has 1 aromatic heterocycles. The molecule has 3 unspecified atom stereocenters. The highest BCUT2D eigenvalue weighted by Crippen LogP contribution is 2.40. The summed E-state index contributed by atoms with van der Waals surface area (Å²) in [4.78, 5) is 41.0. The normalized spacial score (nSPS) is 24.3. The fraction of sp³-hybridized carbons (Fsp3) is 0.706. The molecule has 2 fully saturated rings. The van der Waals surface area contributed by atoms with Crippen LogP contribution in [0.3, 0.4) is 0 Å². The summed E-state index contributed by atoms with van der Waals surface area (Å²) in [7, 11) is 0. The van der Waals surface area contributed by atoms with Gasteiger partial charge in [0.2, 0.25) is 24.1 Å². The van der Waals surface area contributed by atoms with Crippen LogP contribution in [-0.2, 0) is 20.9 Å². The van der Waals surface area contributed by atoms with Crippen molar-refractivity contribution in [2.75, 3.05) is 13.1 Å². The number of nitrogens with one attached hydrogen (secondary N) is 1. The Hall–Kier alpha value is -2.49. The molecule has 2 aliphatic heterocycles. The van der Waals surface area contributed by atoms with E-state index in [4.69, 9.17) is 4.42 Å². The van der Waals surface area contributed by atoms with Crippen LogP contribution in [0.2, 0.25) is 0 Å². The Morgan fingerprint density at radius 1 is 1.41 bits per heavy atom. The van der Waals surface area contributed by atoms with Crippen molar-refractivity contribution >= 4 is 17.7 Å². The highest BCUT2D eigenvalue weighted by molar-refractivity contribution is 5.99. The molecule has 2 N–H and O–H groups in total. The number of hydrogen-bond donors (Lipinski definition) is 2. The van der Waals surface area contributed by atoms with E-state index in [-0.39, 0.29) is 24.3 Å². The first-order valence-electron chi connectivity index (χ1n) is 9.10.